The van der Waals surface area contributed by atoms with Crippen molar-refractivity contribution in [3.63, 3.8) is 0 Å². The van der Waals surface area contributed by atoms with Crippen molar-refractivity contribution in [3.05, 3.63) is 35.4 Å². The zero-order valence-electron chi connectivity index (χ0n) is 23.3. The Morgan fingerprint density at radius 1 is 1.12 bits per heavy atom. The number of fused-ring (bicyclic) bond motifs is 5. The van der Waals surface area contributed by atoms with E-state index in [2.05, 4.69) is 10.2 Å². The van der Waals surface area contributed by atoms with Gasteiger partial charge in [0.25, 0.3) is 0 Å². The Kier molecular flexibility index (Phi) is 7.94. The van der Waals surface area contributed by atoms with Gasteiger partial charge in [-0.25, -0.2) is 9.59 Å². The summed E-state index contributed by atoms with van der Waals surface area (Å²) in [6, 6.07) is 1.83. The van der Waals surface area contributed by atoms with Gasteiger partial charge < -0.3 is 39.0 Å². The fraction of sp³-hybridized carbons (Fsp3) is 0.607. The van der Waals surface area contributed by atoms with E-state index >= 15 is 0 Å². The number of amides is 2. The maximum absolute atomic E-state index is 13.6. The topological polar surface area (TPSA) is 139 Å². The van der Waals surface area contributed by atoms with Crippen molar-refractivity contribution in [2.24, 2.45) is 5.41 Å². The molecule has 0 aliphatic carbocycles. The summed E-state index contributed by atoms with van der Waals surface area (Å²) < 4.78 is 28.9. The van der Waals surface area contributed by atoms with Crippen LogP contribution in [0.15, 0.2) is 24.3 Å². The van der Waals surface area contributed by atoms with E-state index in [9.17, 15) is 19.5 Å². The van der Waals surface area contributed by atoms with Crippen LogP contribution in [0, 0.1) is 5.41 Å². The SMILES string of the molecule is COc1ccc2c3c1OCC=CCCOC(=O)NC(C(C)(C)C)C(=O)N1CC(CC1C(=O)O)OC1OC1N(C2)C3. The van der Waals surface area contributed by atoms with E-state index in [1.165, 1.54) is 4.90 Å². The van der Waals surface area contributed by atoms with E-state index in [1.54, 1.807) is 27.9 Å². The van der Waals surface area contributed by atoms with E-state index in [0.717, 1.165) is 11.1 Å². The minimum atomic E-state index is -1.12. The number of nitrogens with one attached hydrogen (secondary N) is 1. The number of cyclic esters (lactones) is 1. The quantitative estimate of drug-likeness (QED) is 0.410. The lowest BCUT2D eigenvalue weighted by atomic mass is 9.85. The largest absolute Gasteiger partial charge is 0.493 e. The molecule has 0 radical (unpaired) electrons. The van der Waals surface area contributed by atoms with Crippen LogP contribution >= 0.6 is 0 Å². The molecule has 6 unspecified atom stereocenters. The summed E-state index contributed by atoms with van der Waals surface area (Å²) in [6.45, 7) is 7.13. The van der Waals surface area contributed by atoms with Gasteiger partial charge in [0, 0.05) is 31.6 Å². The fourth-order valence-corrected chi connectivity index (χ4v) is 5.47. The van der Waals surface area contributed by atoms with Gasteiger partial charge >= 0.3 is 12.1 Å². The van der Waals surface area contributed by atoms with Gasteiger partial charge in [-0.3, -0.25) is 9.69 Å². The molecule has 1 aromatic carbocycles. The number of hydrogen-bond donors (Lipinski definition) is 2. The lowest BCUT2D eigenvalue weighted by Gasteiger charge is -2.34. The van der Waals surface area contributed by atoms with E-state index in [4.69, 9.17) is 23.7 Å². The van der Waals surface area contributed by atoms with Crippen LogP contribution in [0.4, 0.5) is 4.79 Å². The van der Waals surface area contributed by atoms with Crippen molar-refractivity contribution in [2.75, 3.05) is 26.9 Å². The average molecular weight is 560 g/mol. The molecule has 2 saturated heterocycles. The zero-order chi connectivity index (χ0) is 28.6. The highest BCUT2D eigenvalue weighted by molar-refractivity contribution is 5.90. The van der Waals surface area contributed by atoms with Crippen molar-refractivity contribution in [1.82, 2.24) is 15.1 Å². The summed E-state index contributed by atoms with van der Waals surface area (Å²) in [4.78, 5) is 41.7. The Bertz CT molecular complexity index is 1180. The molecule has 2 amide bonds. The van der Waals surface area contributed by atoms with E-state index in [0.29, 0.717) is 37.6 Å². The molecule has 6 atom stereocenters. The van der Waals surface area contributed by atoms with Crippen LogP contribution < -0.4 is 14.8 Å². The summed E-state index contributed by atoms with van der Waals surface area (Å²) in [5.41, 5.74) is 1.43. The first-order valence-corrected chi connectivity index (χ1v) is 13.5. The normalized spacial score (nSPS) is 30.9. The smallest absolute Gasteiger partial charge is 0.407 e. The van der Waals surface area contributed by atoms with Crippen LogP contribution in [0.2, 0.25) is 0 Å². The van der Waals surface area contributed by atoms with Crippen LogP contribution in [0.25, 0.3) is 0 Å². The Morgan fingerprint density at radius 2 is 1.93 bits per heavy atom. The second-order valence-corrected chi connectivity index (χ2v) is 11.5. The summed E-state index contributed by atoms with van der Waals surface area (Å²) in [6.07, 6.45) is 2.16. The summed E-state index contributed by atoms with van der Waals surface area (Å²) >= 11 is 0. The van der Waals surface area contributed by atoms with Crippen LogP contribution in [0.1, 0.15) is 44.7 Å². The molecule has 4 heterocycles. The van der Waals surface area contributed by atoms with Crippen LogP contribution in [0.5, 0.6) is 11.5 Å². The molecular formula is C28H37N3O9. The third-order valence-corrected chi connectivity index (χ3v) is 7.61. The number of hydrogen-bond acceptors (Lipinski definition) is 9. The number of rotatable bonds is 2. The number of nitrogens with zero attached hydrogens (tertiary/aromatic N) is 2. The lowest BCUT2D eigenvalue weighted by Crippen LogP contribution is -2.56. The summed E-state index contributed by atoms with van der Waals surface area (Å²) in [7, 11) is 1.60. The molecule has 218 valence electrons. The molecule has 0 aromatic heterocycles. The number of alkyl carbamates (subject to hydrolysis) is 1. The van der Waals surface area contributed by atoms with Crippen molar-refractivity contribution in [3.8, 4) is 11.5 Å². The number of carboxylic acid groups (broad SMARTS) is 1. The van der Waals surface area contributed by atoms with Gasteiger partial charge in [-0.2, -0.15) is 0 Å². The number of methoxy groups -OCH3 is 1. The monoisotopic (exact) mass is 559 g/mol. The van der Waals surface area contributed by atoms with Gasteiger partial charge in [-0.05, 0) is 23.5 Å². The molecule has 12 nitrogen and oxygen atoms in total. The second-order valence-electron chi connectivity index (χ2n) is 11.5. The maximum atomic E-state index is 13.6. The lowest BCUT2D eigenvalue weighted by molar-refractivity contribution is -0.150. The number of ether oxygens (including phenoxy) is 5. The Morgan fingerprint density at radius 3 is 2.65 bits per heavy atom. The van der Waals surface area contributed by atoms with Crippen molar-refractivity contribution >= 4 is 18.0 Å². The number of carbonyl (C=O) groups excluding carboxylic acids is 2. The minimum absolute atomic E-state index is 0.0753. The minimum Gasteiger partial charge on any atom is -0.493 e. The van der Waals surface area contributed by atoms with Crippen molar-refractivity contribution in [1.29, 1.82) is 0 Å². The molecule has 5 rings (SSSR count). The van der Waals surface area contributed by atoms with Gasteiger partial charge in [0.1, 0.15) is 18.7 Å². The molecule has 0 spiro atoms. The molecule has 4 bridgehead atoms. The highest BCUT2D eigenvalue weighted by Crippen LogP contribution is 2.43. The number of carboxylic acids is 1. The first-order chi connectivity index (χ1) is 19.1. The first-order valence-electron chi connectivity index (χ1n) is 13.5. The van der Waals surface area contributed by atoms with Crippen LogP contribution in [0.3, 0.4) is 0 Å². The highest BCUT2D eigenvalue weighted by atomic mass is 16.8. The molecule has 40 heavy (non-hydrogen) atoms. The first kappa shape index (κ1) is 28.2. The molecule has 4 aliphatic rings. The number of aliphatic carboxylic acids is 1. The Labute approximate surface area is 233 Å². The standard InChI is InChI=1S/C28H37N3O9/c1-28(2,3)22-23(32)31-14-17(12-19(31)25(33)34)39-26-24(40-26)30-13-16-8-9-20(36-4)21(18(16)15-30)37-10-6-5-7-11-38-27(35)29-22/h5-6,8-9,17,19,22,24,26H,7,10-15H2,1-4H3,(H,29,35)(H,33,34). The molecule has 2 N–H and O–H groups in total. The Balaban J connectivity index is 1.38. The van der Waals surface area contributed by atoms with Crippen LogP contribution in [-0.2, 0) is 36.9 Å². The highest BCUT2D eigenvalue weighted by Gasteiger charge is 2.52. The third-order valence-electron chi connectivity index (χ3n) is 7.61. The summed E-state index contributed by atoms with van der Waals surface area (Å²) in [5.74, 6) is -0.300. The van der Waals surface area contributed by atoms with E-state index < -0.39 is 47.9 Å². The molecular weight excluding hydrogens is 522 g/mol. The molecule has 1 aromatic rings. The fourth-order valence-electron chi connectivity index (χ4n) is 5.47. The van der Waals surface area contributed by atoms with Gasteiger partial charge in [0.05, 0.1) is 19.8 Å². The molecule has 4 aliphatic heterocycles. The summed E-state index contributed by atoms with van der Waals surface area (Å²) in [5, 5.41) is 12.6. The molecule has 2 fully saturated rings. The van der Waals surface area contributed by atoms with Crippen LogP contribution in [-0.4, -0.2) is 90.4 Å². The zero-order valence-corrected chi connectivity index (χ0v) is 23.3. The third kappa shape index (κ3) is 5.89. The predicted molar refractivity (Wildman–Crippen MR) is 141 cm³/mol. The van der Waals surface area contributed by atoms with Crippen molar-refractivity contribution in [2.45, 2.75) is 77.4 Å². The number of benzene rings is 1. The maximum Gasteiger partial charge on any atom is 0.407 e. The van der Waals surface area contributed by atoms with Gasteiger partial charge in [0.15, 0.2) is 24.0 Å². The van der Waals surface area contributed by atoms with Gasteiger partial charge in [-0.1, -0.05) is 39.0 Å². The van der Waals surface area contributed by atoms with Gasteiger partial charge in [0.2, 0.25) is 5.91 Å². The Hall–Kier alpha value is -3.35. The predicted octanol–water partition coefficient (Wildman–Crippen LogP) is 2.24. The van der Waals surface area contributed by atoms with Crippen molar-refractivity contribution < 1.29 is 43.2 Å². The second kappa shape index (κ2) is 11.3. The van der Waals surface area contributed by atoms with E-state index in [1.807, 2.05) is 24.3 Å². The number of epoxide rings is 1. The molecule has 12 heteroatoms. The average Bonchev–Trinajstić information content (AvgIpc) is 3.30. The molecule has 0 saturated carbocycles. The number of carbonyl (C=O) groups is 3. The van der Waals surface area contributed by atoms with Gasteiger partial charge in [-0.15, -0.1) is 0 Å². The van der Waals surface area contributed by atoms with E-state index in [-0.39, 0.29) is 25.8 Å².